The molecular weight excluding hydrogens is 564 g/mol. The van der Waals surface area contributed by atoms with E-state index < -0.39 is 6.10 Å². The summed E-state index contributed by atoms with van der Waals surface area (Å²) in [6.07, 6.45) is 34.7. The molecule has 0 aliphatic rings. The van der Waals surface area contributed by atoms with Crippen molar-refractivity contribution in [2.75, 3.05) is 13.2 Å². The van der Waals surface area contributed by atoms with E-state index in [1.165, 1.54) is 57.8 Å². The highest BCUT2D eigenvalue weighted by Gasteiger charge is 2.19. The Bertz CT molecular complexity index is 744. The van der Waals surface area contributed by atoms with E-state index in [-0.39, 0.29) is 31.1 Å². The Morgan fingerprint density at radius 1 is 0.422 bits per heavy atom. The molecule has 0 aromatic carbocycles. The average molecular weight is 635 g/mol. The smallest absolute Gasteiger partial charge is 0.306 e. The summed E-state index contributed by atoms with van der Waals surface area (Å²) >= 11 is 0. The Morgan fingerprint density at radius 2 is 0.778 bits per heavy atom. The van der Waals surface area contributed by atoms with E-state index in [4.69, 9.17) is 14.2 Å². The highest BCUT2D eigenvalue weighted by molar-refractivity contribution is 5.71. The summed E-state index contributed by atoms with van der Waals surface area (Å²) in [5.74, 6) is -0.918. The van der Waals surface area contributed by atoms with Crippen molar-refractivity contribution in [2.24, 2.45) is 0 Å². The molecule has 0 radical (unpaired) electrons. The number of esters is 3. The van der Waals surface area contributed by atoms with Crippen molar-refractivity contribution in [3.8, 4) is 0 Å². The maximum absolute atomic E-state index is 12.5. The molecule has 0 saturated heterocycles. The maximum atomic E-state index is 12.5. The fourth-order valence-corrected chi connectivity index (χ4v) is 5.02. The number of carbonyl (C=O) groups excluding carboxylic acids is 3. The van der Waals surface area contributed by atoms with Gasteiger partial charge in [-0.05, 0) is 64.2 Å². The lowest BCUT2D eigenvalue weighted by Gasteiger charge is -2.18. The Hall–Kier alpha value is -2.11. The molecule has 0 spiro atoms. The Labute approximate surface area is 277 Å². The van der Waals surface area contributed by atoms with Gasteiger partial charge < -0.3 is 14.2 Å². The zero-order valence-electron chi connectivity index (χ0n) is 29.6. The van der Waals surface area contributed by atoms with Crippen LogP contribution in [0.3, 0.4) is 0 Å². The fourth-order valence-electron chi connectivity index (χ4n) is 5.02. The van der Waals surface area contributed by atoms with Crippen molar-refractivity contribution in [1.82, 2.24) is 0 Å². The summed E-state index contributed by atoms with van der Waals surface area (Å²) in [5, 5.41) is 0. The van der Waals surface area contributed by atoms with E-state index in [9.17, 15) is 14.4 Å². The average Bonchev–Trinajstić information content (AvgIpc) is 3.03. The molecule has 0 aliphatic carbocycles. The van der Waals surface area contributed by atoms with Crippen LogP contribution in [-0.2, 0) is 28.6 Å². The minimum absolute atomic E-state index is 0.0780. The van der Waals surface area contributed by atoms with Crippen LogP contribution < -0.4 is 0 Å². The van der Waals surface area contributed by atoms with Crippen molar-refractivity contribution >= 4 is 17.9 Å². The van der Waals surface area contributed by atoms with Gasteiger partial charge in [-0.1, -0.05) is 129 Å². The van der Waals surface area contributed by atoms with Crippen molar-refractivity contribution in [3.05, 3.63) is 24.3 Å². The molecule has 0 saturated carbocycles. The molecular formula is C39H70O6. The molecule has 45 heavy (non-hydrogen) atoms. The number of carbonyl (C=O) groups is 3. The van der Waals surface area contributed by atoms with Gasteiger partial charge >= 0.3 is 17.9 Å². The van der Waals surface area contributed by atoms with Crippen LogP contribution in [0.1, 0.15) is 188 Å². The fraction of sp³-hybridized carbons (Fsp3) is 0.821. The highest BCUT2D eigenvalue weighted by Crippen LogP contribution is 2.12. The molecule has 6 nitrogen and oxygen atoms in total. The van der Waals surface area contributed by atoms with Crippen molar-refractivity contribution in [1.29, 1.82) is 0 Å². The molecule has 0 aromatic heterocycles. The first-order chi connectivity index (χ1) is 22.0. The molecule has 262 valence electrons. The summed E-state index contributed by atoms with van der Waals surface area (Å²) in [5.41, 5.74) is 0. The molecule has 0 fully saturated rings. The van der Waals surface area contributed by atoms with Gasteiger partial charge in [0.05, 0.1) is 0 Å². The maximum Gasteiger partial charge on any atom is 0.306 e. The summed E-state index contributed by atoms with van der Waals surface area (Å²) in [7, 11) is 0. The van der Waals surface area contributed by atoms with Crippen LogP contribution >= 0.6 is 0 Å². The lowest BCUT2D eigenvalue weighted by molar-refractivity contribution is -0.167. The molecule has 1 unspecified atom stereocenters. The topological polar surface area (TPSA) is 78.9 Å². The number of unbranched alkanes of at least 4 members (excludes halogenated alkanes) is 18. The molecule has 0 bridgehead atoms. The van der Waals surface area contributed by atoms with Gasteiger partial charge in [-0.2, -0.15) is 0 Å². The van der Waals surface area contributed by atoms with Crippen LogP contribution in [0.2, 0.25) is 0 Å². The highest BCUT2D eigenvalue weighted by atomic mass is 16.6. The third-order valence-electron chi connectivity index (χ3n) is 7.91. The standard InChI is InChI=1S/C39H70O6/c1-4-7-10-13-15-17-19-20-22-23-26-29-32-38(41)44-35-36(34-43-37(40)31-28-25-12-9-6-3)45-39(42)33-30-27-24-21-18-16-14-11-8-5-2/h11,14-15,17,36H,4-10,12-13,16,18-35H2,1-3H3/b14-11-,17-15-. The summed E-state index contributed by atoms with van der Waals surface area (Å²) in [4.78, 5) is 37.1. The van der Waals surface area contributed by atoms with E-state index in [2.05, 4.69) is 45.1 Å². The molecule has 0 N–H and O–H groups in total. The quantitative estimate of drug-likeness (QED) is 0.0309. The van der Waals surface area contributed by atoms with Gasteiger partial charge in [0.25, 0.3) is 0 Å². The second-order valence-corrected chi connectivity index (χ2v) is 12.5. The van der Waals surface area contributed by atoms with Gasteiger partial charge in [-0.15, -0.1) is 0 Å². The summed E-state index contributed by atoms with van der Waals surface area (Å²) < 4.78 is 16.5. The van der Waals surface area contributed by atoms with Crippen molar-refractivity contribution < 1.29 is 28.6 Å². The largest absolute Gasteiger partial charge is 0.462 e. The molecule has 0 aromatic rings. The number of rotatable bonds is 33. The minimum Gasteiger partial charge on any atom is -0.462 e. The normalized spacial score (nSPS) is 12.2. The molecule has 1 atom stereocenters. The number of hydrogen-bond acceptors (Lipinski definition) is 6. The predicted octanol–water partition coefficient (Wildman–Crippen LogP) is 11.3. The predicted molar refractivity (Wildman–Crippen MR) is 187 cm³/mol. The molecule has 0 amide bonds. The first kappa shape index (κ1) is 42.9. The van der Waals surface area contributed by atoms with E-state index >= 15 is 0 Å². The van der Waals surface area contributed by atoms with Crippen LogP contribution in [0.25, 0.3) is 0 Å². The van der Waals surface area contributed by atoms with E-state index in [1.54, 1.807) is 0 Å². The zero-order chi connectivity index (χ0) is 33.1. The van der Waals surface area contributed by atoms with Gasteiger partial charge in [0, 0.05) is 19.3 Å². The lowest BCUT2D eigenvalue weighted by Crippen LogP contribution is -2.30. The van der Waals surface area contributed by atoms with Gasteiger partial charge in [-0.25, -0.2) is 0 Å². The number of allylic oxidation sites excluding steroid dienone is 4. The Morgan fingerprint density at radius 3 is 1.24 bits per heavy atom. The van der Waals surface area contributed by atoms with E-state index in [1.807, 2.05) is 0 Å². The molecule has 0 aliphatic heterocycles. The van der Waals surface area contributed by atoms with E-state index in [0.29, 0.717) is 19.3 Å². The second-order valence-electron chi connectivity index (χ2n) is 12.5. The summed E-state index contributed by atoms with van der Waals surface area (Å²) in [6, 6.07) is 0. The number of hydrogen-bond donors (Lipinski definition) is 0. The Balaban J connectivity index is 4.32. The van der Waals surface area contributed by atoms with Crippen molar-refractivity contribution in [3.63, 3.8) is 0 Å². The van der Waals surface area contributed by atoms with Crippen LogP contribution in [0, 0.1) is 0 Å². The number of ether oxygens (including phenoxy) is 3. The second kappa shape index (κ2) is 34.8. The SMILES string of the molecule is CCC/C=C\CCCCCCCC(=O)OC(COC(=O)CCCCCCC)COC(=O)CCCCCCC/C=C\CCCCC. The molecule has 6 heteroatoms. The van der Waals surface area contributed by atoms with Gasteiger partial charge in [-0.3, -0.25) is 14.4 Å². The minimum atomic E-state index is -0.768. The van der Waals surface area contributed by atoms with Crippen LogP contribution in [-0.4, -0.2) is 37.2 Å². The summed E-state index contributed by atoms with van der Waals surface area (Å²) in [6.45, 7) is 6.42. The first-order valence-electron chi connectivity index (χ1n) is 18.8. The van der Waals surface area contributed by atoms with E-state index in [0.717, 1.165) is 89.9 Å². The first-order valence-corrected chi connectivity index (χ1v) is 18.8. The van der Waals surface area contributed by atoms with Gasteiger partial charge in [0.1, 0.15) is 13.2 Å². The van der Waals surface area contributed by atoms with Crippen molar-refractivity contribution in [2.45, 2.75) is 194 Å². The third-order valence-corrected chi connectivity index (χ3v) is 7.91. The zero-order valence-corrected chi connectivity index (χ0v) is 29.6. The van der Waals surface area contributed by atoms with Crippen LogP contribution in [0.4, 0.5) is 0 Å². The monoisotopic (exact) mass is 635 g/mol. The van der Waals surface area contributed by atoms with Gasteiger partial charge in [0.15, 0.2) is 6.10 Å². The van der Waals surface area contributed by atoms with Crippen LogP contribution in [0.5, 0.6) is 0 Å². The lowest BCUT2D eigenvalue weighted by atomic mass is 10.1. The molecule has 0 heterocycles. The van der Waals surface area contributed by atoms with Crippen LogP contribution in [0.15, 0.2) is 24.3 Å². The Kier molecular flexibility index (Phi) is 33.1. The third kappa shape index (κ3) is 33.1. The van der Waals surface area contributed by atoms with Gasteiger partial charge in [0.2, 0.25) is 0 Å². The molecule has 0 rings (SSSR count).